The molecule has 72 valence electrons. The van der Waals surface area contributed by atoms with E-state index in [4.69, 9.17) is 16.3 Å². The molecule has 3 nitrogen and oxygen atoms in total. The second kappa shape index (κ2) is 3.94. The Kier molecular flexibility index (Phi) is 2.65. The lowest BCUT2D eigenvalue weighted by Crippen LogP contribution is -1.90. The van der Waals surface area contributed by atoms with E-state index in [1.807, 2.05) is 12.1 Å². The summed E-state index contributed by atoms with van der Waals surface area (Å²) in [5.41, 5.74) is 0. The summed E-state index contributed by atoms with van der Waals surface area (Å²) in [4.78, 5) is 9.26. The minimum atomic E-state index is 0.555. The molecule has 0 aromatic carbocycles. The molecule has 0 bridgehead atoms. The molecule has 2 rings (SSSR count). The molecule has 0 aliphatic rings. The Morgan fingerprint density at radius 1 is 1.36 bits per heavy atom. The number of thiophene rings is 1. The molecule has 0 unspecified atom stereocenters. The lowest BCUT2D eigenvalue weighted by atomic mass is 10.4. The molecule has 0 amide bonds. The van der Waals surface area contributed by atoms with Crippen LogP contribution in [-0.2, 0) is 0 Å². The zero-order chi connectivity index (χ0) is 9.97. The van der Waals surface area contributed by atoms with Crippen molar-refractivity contribution in [3.05, 3.63) is 28.7 Å². The maximum atomic E-state index is 5.82. The van der Waals surface area contributed by atoms with Crippen LogP contribution in [0, 0.1) is 0 Å². The van der Waals surface area contributed by atoms with Gasteiger partial charge in [-0.25, -0.2) is 4.98 Å². The number of nitrogens with zero attached hydrogens (tertiary/aromatic N) is 2. The average molecular weight is 227 g/mol. The lowest BCUT2D eigenvalue weighted by molar-refractivity contribution is 0.397. The molecule has 0 aliphatic carbocycles. The van der Waals surface area contributed by atoms with E-state index in [2.05, 4.69) is 9.97 Å². The summed E-state index contributed by atoms with van der Waals surface area (Å²) in [5, 5.41) is 0. The summed E-state index contributed by atoms with van der Waals surface area (Å²) in [6, 6.07) is 5.42. The van der Waals surface area contributed by atoms with E-state index in [1.54, 1.807) is 19.4 Å². The Hall–Kier alpha value is -1.13. The SMILES string of the molecule is COc1ccnc(-c2ccc(Cl)s2)n1. The molecule has 14 heavy (non-hydrogen) atoms. The zero-order valence-corrected chi connectivity index (χ0v) is 8.97. The molecule has 0 aliphatic heterocycles. The van der Waals surface area contributed by atoms with Crippen molar-refractivity contribution < 1.29 is 4.74 Å². The first-order chi connectivity index (χ1) is 6.79. The molecule has 2 heterocycles. The van der Waals surface area contributed by atoms with Gasteiger partial charge in [-0.05, 0) is 12.1 Å². The molecule has 0 fully saturated rings. The summed E-state index contributed by atoms with van der Waals surface area (Å²) < 4.78 is 5.73. The van der Waals surface area contributed by atoms with Crippen LogP contribution < -0.4 is 4.74 Å². The van der Waals surface area contributed by atoms with Crippen LogP contribution in [0.3, 0.4) is 0 Å². The monoisotopic (exact) mass is 226 g/mol. The Balaban J connectivity index is 2.41. The number of ether oxygens (including phenoxy) is 1. The van der Waals surface area contributed by atoms with E-state index >= 15 is 0 Å². The van der Waals surface area contributed by atoms with Crippen molar-refractivity contribution in [2.24, 2.45) is 0 Å². The van der Waals surface area contributed by atoms with E-state index in [9.17, 15) is 0 Å². The third-order valence-corrected chi connectivity index (χ3v) is 2.86. The summed E-state index contributed by atoms with van der Waals surface area (Å²) in [6.07, 6.45) is 1.66. The topological polar surface area (TPSA) is 35.0 Å². The highest BCUT2D eigenvalue weighted by atomic mass is 35.5. The number of hydrogen-bond donors (Lipinski definition) is 0. The second-order valence-electron chi connectivity index (χ2n) is 2.53. The maximum Gasteiger partial charge on any atom is 0.216 e. The van der Waals surface area contributed by atoms with Crippen molar-refractivity contribution in [2.75, 3.05) is 7.11 Å². The summed E-state index contributed by atoms with van der Waals surface area (Å²) in [5.74, 6) is 1.20. The van der Waals surface area contributed by atoms with Crippen LogP contribution in [0.5, 0.6) is 5.88 Å². The van der Waals surface area contributed by atoms with E-state index in [0.717, 1.165) is 9.21 Å². The van der Waals surface area contributed by atoms with Gasteiger partial charge in [-0.2, -0.15) is 4.98 Å². The fourth-order valence-electron chi connectivity index (χ4n) is 1.01. The molecule has 0 saturated carbocycles. The first-order valence-electron chi connectivity index (χ1n) is 3.92. The van der Waals surface area contributed by atoms with Crippen LogP contribution >= 0.6 is 22.9 Å². The van der Waals surface area contributed by atoms with Crippen molar-refractivity contribution in [1.29, 1.82) is 0 Å². The average Bonchev–Trinajstić information content (AvgIpc) is 2.65. The van der Waals surface area contributed by atoms with Gasteiger partial charge in [-0.1, -0.05) is 11.6 Å². The van der Waals surface area contributed by atoms with Crippen LogP contribution in [0.15, 0.2) is 24.4 Å². The van der Waals surface area contributed by atoms with Crippen LogP contribution in [0.2, 0.25) is 4.34 Å². The van der Waals surface area contributed by atoms with Crippen molar-refractivity contribution in [1.82, 2.24) is 9.97 Å². The number of aromatic nitrogens is 2. The molecule has 2 aromatic heterocycles. The normalized spacial score (nSPS) is 10.1. The van der Waals surface area contributed by atoms with Crippen molar-refractivity contribution in [2.45, 2.75) is 0 Å². The van der Waals surface area contributed by atoms with Gasteiger partial charge in [-0.3, -0.25) is 0 Å². The lowest BCUT2D eigenvalue weighted by Gasteiger charge is -1.99. The van der Waals surface area contributed by atoms with E-state index in [-0.39, 0.29) is 0 Å². The third-order valence-electron chi connectivity index (χ3n) is 1.63. The molecule has 2 aromatic rings. The number of rotatable bonds is 2. The molecule has 0 atom stereocenters. The first kappa shape index (κ1) is 9.43. The van der Waals surface area contributed by atoms with Crippen LogP contribution in [-0.4, -0.2) is 17.1 Å². The molecular formula is C9H7ClN2OS. The minimum Gasteiger partial charge on any atom is -0.481 e. The Labute approximate surface area is 90.3 Å². The maximum absolute atomic E-state index is 5.82. The Bertz CT molecular complexity index is 444. The highest BCUT2D eigenvalue weighted by Crippen LogP contribution is 2.29. The van der Waals surface area contributed by atoms with Gasteiger partial charge in [0.15, 0.2) is 5.82 Å². The second-order valence-corrected chi connectivity index (χ2v) is 4.24. The quantitative estimate of drug-likeness (QED) is 0.790. The predicted octanol–water partition coefficient (Wildman–Crippen LogP) is 2.87. The fourth-order valence-corrected chi connectivity index (χ4v) is 1.99. The van der Waals surface area contributed by atoms with Gasteiger partial charge >= 0.3 is 0 Å². The molecule has 0 N–H and O–H groups in total. The van der Waals surface area contributed by atoms with Crippen LogP contribution in [0.25, 0.3) is 10.7 Å². The number of hydrogen-bond acceptors (Lipinski definition) is 4. The summed E-state index contributed by atoms with van der Waals surface area (Å²) in [7, 11) is 1.58. The smallest absolute Gasteiger partial charge is 0.216 e. The summed E-state index contributed by atoms with van der Waals surface area (Å²) in [6.45, 7) is 0. The largest absolute Gasteiger partial charge is 0.481 e. The standard InChI is InChI=1S/C9H7ClN2OS/c1-13-8-4-5-11-9(12-8)6-2-3-7(10)14-6/h2-5H,1H3. The number of methoxy groups -OCH3 is 1. The molecule has 0 saturated heterocycles. The highest BCUT2D eigenvalue weighted by molar-refractivity contribution is 7.19. The number of halogens is 1. The molecule has 0 radical (unpaired) electrons. The van der Waals surface area contributed by atoms with E-state index < -0.39 is 0 Å². The predicted molar refractivity (Wildman–Crippen MR) is 56.9 cm³/mol. The van der Waals surface area contributed by atoms with Gasteiger partial charge in [0.1, 0.15) is 0 Å². The Morgan fingerprint density at radius 3 is 2.86 bits per heavy atom. The van der Waals surface area contributed by atoms with Gasteiger partial charge in [0.2, 0.25) is 5.88 Å². The minimum absolute atomic E-state index is 0.555. The summed E-state index contributed by atoms with van der Waals surface area (Å²) >= 11 is 7.26. The van der Waals surface area contributed by atoms with Gasteiger partial charge in [0.25, 0.3) is 0 Å². The van der Waals surface area contributed by atoms with E-state index in [1.165, 1.54) is 11.3 Å². The van der Waals surface area contributed by atoms with Crippen LogP contribution in [0.4, 0.5) is 0 Å². The van der Waals surface area contributed by atoms with E-state index in [0.29, 0.717) is 11.7 Å². The first-order valence-corrected chi connectivity index (χ1v) is 5.12. The van der Waals surface area contributed by atoms with Crippen molar-refractivity contribution in [3.63, 3.8) is 0 Å². The van der Waals surface area contributed by atoms with Crippen molar-refractivity contribution in [3.8, 4) is 16.6 Å². The highest BCUT2D eigenvalue weighted by Gasteiger charge is 2.05. The van der Waals surface area contributed by atoms with Gasteiger partial charge in [0.05, 0.1) is 16.3 Å². The third kappa shape index (κ3) is 1.86. The Morgan fingerprint density at radius 2 is 2.21 bits per heavy atom. The zero-order valence-electron chi connectivity index (χ0n) is 7.40. The molecule has 0 spiro atoms. The van der Waals surface area contributed by atoms with Crippen molar-refractivity contribution >= 4 is 22.9 Å². The van der Waals surface area contributed by atoms with Gasteiger partial charge in [0, 0.05) is 12.3 Å². The van der Waals surface area contributed by atoms with Gasteiger partial charge < -0.3 is 4.74 Å². The molecular weight excluding hydrogens is 220 g/mol. The van der Waals surface area contributed by atoms with Gasteiger partial charge in [-0.15, -0.1) is 11.3 Å². The fraction of sp³-hybridized carbons (Fsp3) is 0.111. The van der Waals surface area contributed by atoms with Crippen LogP contribution in [0.1, 0.15) is 0 Å². The molecule has 5 heteroatoms.